The summed E-state index contributed by atoms with van der Waals surface area (Å²) in [5.74, 6) is 1.04. The highest BCUT2D eigenvalue weighted by Gasteiger charge is 2.21. The van der Waals surface area contributed by atoms with Gasteiger partial charge in [-0.15, -0.1) is 0 Å². The minimum Gasteiger partial charge on any atom is -0.342 e. The van der Waals surface area contributed by atoms with Crippen molar-refractivity contribution in [3.8, 4) is 0 Å². The standard InChI is InChI=1S/C10H18BrNO/c1-2-10(13)12-7-3-4-9(8-12)5-6-11/h9H,2-8H2,1H3. The summed E-state index contributed by atoms with van der Waals surface area (Å²) in [5, 5.41) is 1.06. The van der Waals surface area contributed by atoms with E-state index in [2.05, 4.69) is 15.9 Å². The number of piperidine rings is 1. The van der Waals surface area contributed by atoms with Crippen LogP contribution in [0.1, 0.15) is 32.6 Å². The van der Waals surface area contributed by atoms with E-state index in [-0.39, 0.29) is 0 Å². The number of hydrogen-bond acceptors (Lipinski definition) is 1. The van der Waals surface area contributed by atoms with Gasteiger partial charge in [-0.25, -0.2) is 0 Å². The molecule has 1 amide bonds. The van der Waals surface area contributed by atoms with Crippen LogP contribution in [-0.4, -0.2) is 29.2 Å². The number of carbonyl (C=O) groups is 1. The third-order valence-corrected chi connectivity index (χ3v) is 3.15. The monoisotopic (exact) mass is 247 g/mol. The van der Waals surface area contributed by atoms with Crippen molar-refractivity contribution in [1.82, 2.24) is 4.90 Å². The Morgan fingerprint density at radius 3 is 3.00 bits per heavy atom. The highest BCUT2D eigenvalue weighted by atomic mass is 79.9. The highest BCUT2D eigenvalue weighted by Crippen LogP contribution is 2.20. The van der Waals surface area contributed by atoms with Crippen molar-refractivity contribution >= 4 is 21.8 Å². The van der Waals surface area contributed by atoms with E-state index in [1.807, 2.05) is 11.8 Å². The maximum absolute atomic E-state index is 11.4. The molecule has 0 N–H and O–H groups in total. The van der Waals surface area contributed by atoms with E-state index in [9.17, 15) is 4.79 Å². The van der Waals surface area contributed by atoms with Crippen molar-refractivity contribution in [3.63, 3.8) is 0 Å². The average molecular weight is 248 g/mol. The van der Waals surface area contributed by atoms with Gasteiger partial charge in [-0.3, -0.25) is 4.79 Å². The highest BCUT2D eigenvalue weighted by molar-refractivity contribution is 9.09. The van der Waals surface area contributed by atoms with Gasteiger partial charge in [-0.05, 0) is 25.2 Å². The molecular weight excluding hydrogens is 230 g/mol. The second-order valence-electron chi connectivity index (χ2n) is 3.68. The fourth-order valence-corrected chi connectivity index (χ4v) is 2.55. The van der Waals surface area contributed by atoms with Crippen LogP contribution in [-0.2, 0) is 4.79 Å². The first-order valence-electron chi connectivity index (χ1n) is 5.11. The minimum absolute atomic E-state index is 0.319. The number of halogens is 1. The van der Waals surface area contributed by atoms with Crippen molar-refractivity contribution in [2.45, 2.75) is 32.6 Å². The lowest BCUT2D eigenvalue weighted by Crippen LogP contribution is -2.39. The number of hydrogen-bond donors (Lipinski definition) is 0. The summed E-state index contributed by atoms with van der Waals surface area (Å²) in [4.78, 5) is 13.5. The Balaban J connectivity index is 2.37. The van der Waals surface area contributed by atoms with Crippen LogP contribution in [0.3, 0.4) is 0 Å². The van der Waals surface area contributed by atoms with Gasteiger partial charge in [0.05, 0.1) is 0 Å². The maximum atomic E-state index is 11.4. The smallest absolute Gasteiger partial charge is 0.222 e. The normalized spacial score (nSPS) is 23.2. The first-order valence-corrected chi connectivity index (χ1v) is 6.23. The molecule has 2 nitrogen and oxygen atoms in total. The van der Waals surface area contributed by atoms with Gasteiger partial charge in [-0.1, -0.05) is 22.9 Å². The molecule has 1 rings (SSSR count). The molecule has 0 radical (unpaired) electrons. The predicted octanol–water partition coefficient (Wildman–Crippen LogP) is 2.42. The third kappa shape index (κ3) is 3.29. The van der Waals surface area contributed by atoms with Gasteiger partial charge in [0.25, 0.3) is 0 Å². The Bertz CT molecular complexity index is 170. The number of carbonyl (C=O) groups excluding carboxylic acids is 1. The molecule has 13 heavy (non-hydrogen) atoms. The molecule has 0 spiro atoms. The summed E-state index contributed by atoms with van der Waals surface area (Å²) in [7, 11) is 0. The molecule has 1 atom stereocenters. The van der Waals surface area contributed by atoms with Crippen LogP contribution in [0.25, 0.3) is 0 Å². The van der Waals surface area contributed by atoms with Gasteiger partial charge in [0.15, 0.2) is 0 Å². The zero-order chi connectivity index (χ0) is 9.68. The lowest BCUT2D eigenvalue weighted by Gasteiger charge is -2.32. The van der Waals surface area contributed by atoms with Crippen molar-refractivity contribution in [1.29, 1.82) is 0 Å². The molecule has 3 heteroatoms. The summed E-state index contributed by atoms with van der Waals surface area (Å²) < 4.78 is 0. The Labute approximate surface area is 88.8 Å². The fraction of sp³-hybridized carbons (Fsp3) is 0.900. The lowest BCUT2D eigenvalue weighted by molar-refractivity contribution is -0.132. The molecule has 0 aromatic carbocycles. The van der Waals surface area contributed by atoms with Crippen LogP contribution in [0.2, 0.25) is 0 Å². The van der Waals surface area contributed by atoms with Crippen LogP contribution < -0.4 is 0 Å². The molecule has 1 saturated heterocycles. The van der Waals surface area contributed by atoms with E-state index in [1.54, 1.807) is 0 Å². The van der Waals surface area contributed by atoms with Gasteiger partial charge in [0.2, 0.25) is 5.91 Å². The third-order valence-electron chi connectivity index (χ3n) is 2.69. The van der Waals surface area contributed by atoms with Gasteiger partial charge in [0, 0.05) is 24.8 Å². The molecule has 0 aromatic rings. The van der Waals surface area contributed by atoms with Crippen LogP contribution in [0, 0.1) is 5.92 Å². The van der Waals surface area contributed by atoms with E-state index in [4.69, 9.17) is 0 Å². The van der Waals surface area contributed by atoms with Crippen molar-refractivity contribution in [2.75, 3.05) is 18.4 Å². The molecule has 1 fully saturated rings. The second kappa shape index (κ2) is 5.63. The molecule has 1 aliphatic heterocycles. The Kier molecular flexibility index (Phi) is 4.78. The molecule has 0 aromatic heterocycles. The molecule has 0 saturated carbocycles. The molecule has 0 bridgehead atoms. The van der Waals surface area contributed by atoms with E-state index in [1.165, 1.54) is 19.3 Å². The number of amides is 1. The van der Waals surface area contributed by atoms with Crippen LogP contribution in [0.15, 0.2) is 0 Å². The average Bonchev–Trinajstić information content (AvgIpc) is 2.18. The molecule has 76 valence electrons. The van der Waals surface area contributed by atoms with Gasteiger partial charge >= 0.3 is 0 Å². The quantitative estimate of drug-likeness (QED) is 0.702. The van der Waals surface area contributed by atoms with E-state index >= 15 is 0 Å². The number of nitrogens with zero attached hydrogens (tertiary/aromatic N) is 1. The van der Waals surface area contributed by atoms with Crippen molar-refractivity contribution in [2.24, 2.45) is 5.92 Å². The minimum atomic E-state index is 0.319. The van der Waals surface area contributed by atoms with Crippen LogP contribution in [0.4, 0.5) is 0 Å². The SMILES string of the molecule is CCC(=O)N1CCCC(CCBr)C1. The Morgan fingerprint density at radius 1 is 1.62 bits per heavy atom. The van der Waals surface area contributed by atoms with Gasteiger partial charge in [0.1, 0.15) is 0 Å². The Hall–Kier alpha value is -0.0500. The summed E-state index contributed by atoms with van der Waals surface area (Å²) in [5.41, 5.74) is 0. The molecule has 1 unspecified atom stereocenters. The predicted molar refractivity (Wildman–Crippen MR) is 58.0 cm³/mol. The van der Waals surface area contributed by atoms with E-state index < -0.39 is 0 Å². The number of likely N-dealkylation sites (tertiary alicyclic amines) is 1. The molecule has 1 heterocycles. The van der Waals surface area contributed by atoms with E-state index in [0.717, 1.165) is 24.3 Å². The van der Waals surface area contributed by atoms with Gasteiger partial charge in [-0.2, -0.15) is 0 Å². The number of alkyl halides is 1. The zero-order valence-electron chi connectivity index (χ0n) is 8.26. The summed E-state index contributed by atoms with van der Waals surface area (Å²) in [6.07, 6.45) is 4.33. The number of rotatable bonds is 3. The molecule has 1 aliphatic rings. The lowest BCUT2D eigenvalue weighted by atomic mass is 9.95. The summed E-state index contributed by atoms with van der Waals surface area (Å²) in [6.45, 7) is 3.90. The first-order chi connectivity index (χ1) is 6.27. The van der Waals surface area contributed by atoms with Crippen LogP contribution >= 0.6 is 15.9 Å². The second-order valence-corrected chi connectivity index (χ2v) is 4.47. The summed E-state index contributed by atoms with van der Waals surface area (Å²) >= 11 is 3.46. The molecular formula is C10H18BrNO. The van der Waals surface area contributed by atoms with Crippen molar-refractivity contribution < 1.29 is 4.79 Å². The largest absolute Gasteiger partial charge is 0.342 e. The first kappa shape index (κ1) is 11.0. The zero-order valence-corrected chi connectivity index (χ0v) is 9.85. The fourth-order valence-electron chi connectivity index (χ4n) is 1.91. The topological polar surface area (TPSA) is 20.3 Å². The Morgan fingerprint density at radius 2 is 2.38 bits per heavy atom. The van der Waals surface area contributed by atoms with Crippen LogP contribution in [0.5, 0.6) is 0 Å². The summed E-state index contributed by atoms with van der Waals surface area (Å²) in [6, 6.07) is 0. The van der Waals surface area contributed by atoms with E-state index in [0.29, 0.717) is 12.3 Å². The van der Waals surface area contributed by atoms with Gasteiger partial charge < -0.3 is 4.90 Å². The van der Waals surface area contributed by atoms with Crippen molar-refractivity contribution in [3.05, 3.63) is 0 Å². The maximum Gasteiger partial charge on any atom is 0.222 e. The molecule has 0 aliphatic carbocycles.